The summed E-state index contributed by atoms with van der Waals surface area (Å²) in [6.07, 6.45) is -0.461. The van der Waals surface area contributed by atoms with Gasteiger partial charge in [0.05, 0.1) is 12.8 Å². The molecule has 2 rings (SSSR count). The minimum absolute atomic E-state index is 0.189. The quantitative estimate of drug-likeness (QED) is 0.478. The van der Waals surface area contributed by atoms with Gasteiger partial charge in [0.2, 0.25) is 10.0 Å². The molecule has 29 heavy (non-hydrogen) atoms. The Morgan fingerprint density at radius 1 is 1.17 bits per heavy atom. The summed E-state index contributed by atoms with van der Waals surface area (Å²) in [6.45, 7) is 5.00. The average Bonchev–Trinajstić information content (AvgIpc) is 3.08. The van der Waals surface area contributed by atoms with Gasteiger partial charge in [0.1, 0.15) is 0 Å². The zero-order chi connectivity index (χ0) is 21.7. The number of rotatable bonds is 7. The smallest absolute Gasteiger partial charge is 0.356 e. The van der Waals surface area contributed by atoms with Crippen LogP contribution in [0.25, 0.3) is 0 Å². The van der Waals surface area contributed by atoms with Crippen molar-refractivity contribution in [2.75, 3.05) is 65.7 Å². The summed E-state index contributed by atoms with van der Waals surface area (Å²) in [5.74, 6) is 1.34. The van der Waals surface area contributed by atoms with Gasteiger partial charge in [-0.3, -0.25) is 9.89 Å². The molecular formula is C18H34F3N5O2S. The van der Waals surface area contributed by atoms with Crippen molar-refractivity contribution >= 4 is 16.0 Å². The highest BCUT2D eigenvalue weighted by Crippen LogP contribution is 2.22. The molecule has 0 saturated carbocycles. The first-order valence-electron chi connectivity index (χ1n) is 10.2. The van der Waals surface area contributed by atoms with E-state index in [0.717, 1.165) is 38.3 Å². The molecule has 0 spiro atoms. The third-order valence-corrected chi connectivity index (χ3v) is 7.06. The molecule has 2 aliphatic rings. The fraction of sp³-hybridized carbons (Fsp3) is 0.944. The van der Waals surface area contributed by atoms with Gasteiger partial charge in [-0.05, 0) is 37.6 Å². The predicted molar refractivity (Wildman–Crippen MR) is 108 cm³/mol. The molecule has 1 N–H and O–H groups in total. The van der Waals surface area contributed by atoms with E-state index < -0.39 is 22.7 Å². The molecule has 2 fully saturated rings. The number of guanidine groups is 1. The normalized spacial score (nSPS) is 23.2. The maximum Gasteiger partial charge on any atom is 0.401 e. The van der Waals surface area contributed by atoms with Gasteiger partial charge in [-0.1, -0.05) is 6.92 Å². The van der Waals surface area contributed by atoms with Crippen LogP contribution in [0.2, 0.25) is 0 Å². The number of halogens is 3. The lowest BCUT2D eigenvalue weighted by molar-refractivity contribution is -0.146. The number of sulfonamides is 1. The summed E-state index contributed by atoms with van der Waals surface area (Å²) in [7, 11) is -1.41. The minimum Gasteiger partial charge on any atom is -0.356 e. The van der Waals surface area contributed by atoms with Gasteiger partial charge in [0, 0.05) is 46.3 Å². The Bertz CT molecular complexity index is 648. The van der Waals surface area contributed by atoms with E-state index in [1.807, 2.05) is 0 Å². The van der Waals surface area contributed by atoms with Crippen molar-refractivity contribution in [1.82, 2.24) is 19.4 Å². The van der Waals surface area contributed by atoms with E-state index in [9.17, 15) is 21.6 Å². The van der Waals surface area contributed by atoms with Gasteiger partial charge >= 0.3 is 6.18 Å². The maximum absolute atomic E-state index is 12.7. The highest BCUT2D eigenvalue weighted by Gasteiger charge is 2.33. The SMILES string of the molecule is CCN(CC1CCN(C(=NC)NCC2CCN(S(C)(=O)=O)CC2)C1)CC(F)(F)F. The molecule has 7 nitrogen and oxygen atoms in total. The predicted octanol–water partition coefficient (Wildman–Crippen LogP) is 1.44. The topological polar surface area (TPSA) is 68.2 Å². The van der Waals surface area contributed by atoms with Gasteiger partial charge in [-0.25, -0.2) is 12.7 Å². The lowest BCUT2D eigenvalue weighted by Gasteiger charge is -2.31. The first kappa shape index (κ1) is 24.2. The first-order chi connectivity index (χ1) is 13.5. The van der Waals surface area contributed by atoms with Crippen molar-refractivity contribution in [2.24, 2.45) is 16.8 Å². The van der Waals surface area contributed by atoms with Crippen LogP contribution in [0, 0.1) is 11.8 Å². The second kappa shape index (κ2) is 10.3. The van der Waals surface area contributed by atoms with Crippen molar-refractivity contribution in [3.05, 3.63) is 0 Å². The van der Waals surface area contributed by atoms with Crippen LogP contribution in [0.15, 0.2) is 4.99 Å². The maximum atomic E-state index is 12.7. The monoisotopic (exact) mass is 441 g/mol. The highest BCUT2D eigenvalue weighted by atomic mass is 32.2. The lowest BCUT2D eigenvalue weighted by Crippen LogP contribution is -2.45. The number of aliphatic imine (C=N–C) groups is 1. The molecular weight excluding hydrogens is 407 g/mol. The molecule has 11 heteroatoms. The zero-order valence-electron chi connectivity index (χ0n) is 17.6. The van der Waals surface area contributed by atoms with Gasteiger partial charge in [0.25, 0.3) is 0 Å². The van der Waals surface area contributed by atoms with E-state index in [4.69, 9.17) is 0 Å². The van der Waals surface area contributed by atoms with E-state index in [2.05, 4.69) is 15.2 Å². The number of hydrogen-bond acceptors (Lipinski definition) is 4. The molecule has 2 aliphatic heterocycles. The van der Waals surface area contributed by atoms with Crippen LogP contribution in [-0.2, 0) is 10.0 Å². The molecule has 2 saturated heterocycles. The van der Waals surface area contributed by atoms with E-state index >= 15 is 0 Å². The first-order valence-corrected chi connectivity index (χ1v) is 12.1. The molecule has 0 aromatic carbocycles. The van der Waals surface area contributed by atoms with Gasteiger partial charge in [-0.15, -0.1) is 0 Å². The van der Waals surface area contributed by atoms with Crippen LogP contribution in [0.3, 0.4) is 0 Å². The highest BCUT2D eigenvalue weighted by molar-refractivity contribution is 7.88. The summed E-state index contributed by atoms with van der Waals surface area (Å²) < 4.78 is 62.8. The van der Waals surface area contributed by atoms with Gasteiger partial charge in [-0.2, -0.15) is 13.2 Å². The molecule has 0 aliphatic carbocycles. The van der Waals surface area contributed by atoms with E-state index in [0.29, 0.717) is 38.6 Å². The minimum atomic E-state index is -4.17. The molecule has 170 valence electrons. The second-order valence-electron chi connectivity index (χ2n) is 8.08. The molecule has 0 aromatic heterocycles. The van der Waals surface area contributed by atoms with Crippen molar-refractivity contribution in [3.63, 3.8) is 0 Å². The Hall–Kier alpha value is -1.07. The fourth-order valence-electron chi connectivity index (χ4n) is 4.11. The Labute approximate surface area is 172 Å². The third kappa shape index (κ3) is 7.93. The molecule has 1 atom stereocenters. The van der Waals surface area contributed by atoms with Crippen LogP contribution < -0.4 is 5.32 Å². The number of alkyl halides is 3. The van der Waals surface area contributed by atoms with Crippen LogP contribution in [0.5, 0.6) is 0 Å². The van der Waals surface area contributed by atoms with Crippen LogP contribution in [-0.4, -0.2) is 100 Å². The number of hydrogen-bond donors (Lipinski definition) is 1. The van der Waals surface area contributed by atoms with Crippen LogP contribution in [0.1, 0.15) is 26.2 Å². The van der Waals surface area contributed by atoms with E-state index in [-0.39, 0.29) is 5.92 Å². The number of nitrogens with one attached hydrogen (secondary N) is 1. The molecule has 0 bridgehead atoms. The number of piperidine rings is 1. The van der Waals surface area contributed by atoms with Crippen molar-refractivity contribution in [1.29, 1.82) is 0 Å². The molecule has 1 unspecified atom stereocenters. The summed E-state index contributed by atoms with van der Waals surface area (Å²) in [4.78, 5) is 7.90. The Kier molecular flexibility index (Phi) is 8.59. The molecule has 2 heterocycles. The Balaban J connectivity index is 1.77. The van der Waals surface area contributed by atoms with Crippen molar-refractivity contribution < 1.29 is 21.6 Å². The fourth-order valence-corrected chi connectivity index (χ4v) is 4.99. The largest absolute Gasteiger partial charge is 0.401 e. The zero-order valence-corrected chi connectivity index (χ0v) is 18.4. The van der Waals surface area contributed by atoms with Gasteiger partial charge < -0.3 is 10.2 Å². The average molecular weight is 442 g/mol. The molecule has 0 amide bonds. The summed E-state index contributed by atoms with van der Waals surface area (Å²) >= 11 is 0. The van der Waals surface area contributed by atoms with Crippen LogP contribution >= 0.6 is 0 Å². The summed E-state index contributed by atoms with van der Waals surface area (Å²) in [5.41, 5.74) is 0. The Morgan fingerprint density at radius 3 is 2.31 bits per heavy atom. The van der Waals surface area contributed by atoms with Crippen LogP contribution in [0.4, 0.5) is 13.2 Å². The standard InChI is InChI=1S/C18H34F3N5O2S/c1-4-24(14-18(19,20)21)12-16-5-8-25(13-16)17(22-2)23-11-15-6-9-26(10-7-15)29(3,27)28/h15-16H,4-14H2,1-3H3,(H,22,23). The van der Waals surface area contributed by atoms with Gasteiger partial charge in [0.15, 0.2) is 5.96 Å². The van der Waals surface area contributed by atoms with Crippen molar-refractivity contribution in [2.45, 2.75) is 32.4 Å². The van der Waals surface area contributed by atoms with Crippen molar-refractivity contribution in [3.8, 4) is 0 Å². The summed E-state index contributed by atoms with van der Waals surface area (Å²) in [5, 5.41) is 3.38. The Morgan fingerprint density at radius 2 is 1.79 bits per heavy atom. The lowest BCUT2D eigenvalue weighted by atomic mass is 9.98. The van der Waals surface area contributed by atoms with E-state index in [1.54, 1.807) is 14.0 Å². The molecule has 0 radical (unpaired) electrons. The second-order valence-corrected chi connectivity index (χ2v) is 10.1. The molecule has 0 aromatic rings. The number of likely N-dealkylation sites (tertiary alicyclic amines) is 1. The summed E-state index contributed by atoms with van der Waals surface area (Å²) in [6, 6.07) is 0. The third-order valence-electron chi connectivity index (χ3n) is 5.76. The number of nitrogens with zero attached hydrogens (tertiary/aromatic N) is 4. The van der Waals surface area contributed by atoms with E-state index in [1.165, 1.54) is 15.5 Å².